The van der Waals surface area contributed by atoms with Crippen LogP contribution < -0.4 is 9.64 Å². The van der Waals surface area contributed by atoms with E-state index in [0.717, 1.165) is 42.8 Å². The molecular formula is C22H27N3O3. The van der Waals surface area contributed by atoms with Gasteiger partial charge in [-0.25, -0.2) is 0 Å². The molecular weight excluding hydrogens is 354 g/mol. The number of anilines is 1. The maximum atomic E-state index is 10.6. The molecule has 0 spiro atoms. The lowest BCUT2D eigenvalue weighted by Crippen LogP contribution is -2.49. The quantitative estimate of drug-likeness (QED) is 0.687. The third-order valence-electron chi connectivity index (χ3n) is 5.43. The molecule has 6 heteroatoms. The third-order valence-corrected chi connectivity index (χ3v) is 5.43. The molecule has 0 unspecified atom stereocenters. The van der Waals surface area contributed by atoms with Crippen LogP contribution in [0.4, 0.5) is 5.69 Å². The van der Waals surface area contributed by atoms with Gasteiger partial charge >= 0.3 is 0 Å². The van der Waals surface area contributed by atoms with Crippen LogP contribution in [-0.2, 0) is 6.54 Å². The minimum absolute atomic E-state index is 0.259. The SMILES string of the molecule is COc1cccc(N2CCN(C[C@@H](O)Cn3cc(O)c4ccccc43)CC2)c1. The molecule has 1 aliphatic rings. The summed E-state index contributed by atoms with van der Waals surface area (Å²) in [5, 5.41) is 21.5. The van der Waals surface area contributed by atoms with Crippen molar-refractivity contribution < 1.29 is 14.9 Å². The van der Waals surface area contributed by atoms with Gasteiger partial charge in [-0.05, 0) is 24.3 Å². The fourth-order valence-electron chi connectivity index (χ4n) is 3.96. The van der Waals surface area contributed by atoms with Gasteiger partial charge in [-0.3, -0.25) is 4.90 Å². The first-order valence-electron chi connectivity index (χ1n) is 9.70. The first-order chi connectivity index (χ1) is 13.6. The summed E-state index contributed by atoms with van der Waals surface area (Å²) in [6.07, 6.45) is 1.22. The summed E-state index contributed by atoms with van der Waals surface area (Å²) in [5.41, 5.74) is 2.12. The lowest BCUT2D eigenvalue weighted by Gasteiger charge is -2.37. The van der Waals surface area contributed by atoms with Gasteiger partial charge in [0.25, 0.3) is 0 Å². The number of para-hydroxylation sites is 1. The number of methoxy groups -OCH3 is 1. The van der Waals surface area contributed by atoms with E-state index in [9.17, 15) is 10.2 Å². The third kappa shape index (κ3) is 3.93. The van der Waals surface area contributed by atoms with E-state index in [1.54, 1.807) is 13.3 Å². The van der Waals surface area contributed by atoms with Crippen LogP contribution in [0.5, 0.6) is 11.5 Å². The fourth-order valence-corrected chi connectivity index (χ4v) is 3.96. The van der Waals surface area contributed by atoms with Crippen LogP contribution >= 0.6 is 0 Å². The number of hydrogen-bond donors (Lipinski definition) is 2. The number of aliphatic hydroxyl groups is 1. The van der Waals surface area contributed by atoms with E-state index in [-0.39, 0.29) is 5.75 Å². The first-order valence-corrected chi connectivity index (χ1v) is 9.70. The van der Waals surface area contributed by atoms with E-state index in [0.29, 0.717) is 13.1 Å². The summed E-state index contributed by atoms with van der Waals surface area (Å²) in [7, 11) is 1.69. The predicted molar refractivity (Wildman–Crippen MR) is 111 cm³/mol. The molecule has 0 radical (unpaired) electrons. The number of ether oxygens (including phenoxy) is 1. The van der Waals surface area contributed by atoms with Crippen LogP contribution in [0.3, 0.4) is 0 Å². The van der Waals surface area contributed by atoms with Crippen molar-refractivity contribution in [1.29, 1.82) is 0 Å². The Bertz CT molecular complexity index is 932. The Kier molecular flexibility index (Phi) is 5.41. The molecule has 1 aliphatic heterocycles. The summed E-state index contributed by atoms with van der Waals surface area (Å²) in [6, 6.07) is 15.9. The zero-order valence-electron chi connectivity index (χ0n) is 16.2. The maximum Gasteiger partial charge on any atom is 0.141 e. The van der Waals surface area contributed by atoms with Gasteiger partial charge in [-0.2, -0.15) is 0 Å². The van der Waals surface area contributed by atoms with Crippen molar-refractivity contribution in [3.63, 3.8) is 0 Å². The van der Waals surface area contributed by atoms with Crippen molar-refractivity contribution >= 4 is 16.6 Å². The molecule has 0 saturated carbocycles. The van der Waals surface area contributed by atoms with Crippen LogP contribution in [0.15, 0.2) is 54.7 Å². The molecule has 1 saturated heterocycles. The van der Waals surface area contributed by atoms with Crippen LogP contribution in [0, 0.1) is 0 Å². The van der Waals surface area contributed by atoms with E-state index in [4.69, 9.17) is 4.74 Å². The maximum absolute atomic E-state index is 10.6. The van der Waals surface area contributed by atoms with Crippen molar-refractivity contribution in [2.24, 2.45) is 0 Å². The van der Waals surface area contributed by atoms with Gasteiger partial charge in [0, 0.05) is 62.6 Å². The number of β-amino-alcohol motifs (C(OH)–C–C–N with tert-alkyl or cyclic N) is 1. The number of piperazine rings is 1. The molecule has 0 bridgehead atoms. The molecule has 3 aromatic rings. The van der Waals surface area contributed by atoms with Gasteiger partial charge in [0.1, 0.15) is 11.5 Å². The molecule has 2 N–H and O–H groups in total. The Morgan fingerprint density at radius 1 is 1.00 bits per heavy atom. The molecule has 1 aromatic heterocycles. The molecule has 1 atom stereocenters. The van der Waals surface area contributed by atoms with Crippen molar-refractivity contribution in [3.05, 3.63) is 54.7 Å². The number of nitrogens with zero attached hydrogens (tertiary/aromatic N) is 3. The summed E-state index contributed by atoms with van der Waals surface area (Å²) < 4.78 is 7.25. The lowest BCUT2D eigenvalue weighted by molar-refractivity contribution is 0.0959. The number of aromatic nitrogens is 1. The highest BCUT2D eigenvalue weighted by Crippen LogP contribution is 2.27. The minimum Gasteiger partial charge on any atom is -0.506 e. The van der Waals surface area contributed by atoms with Gasteiger partial charge in [-0.15, -0.1) is 0 Å². The van der Waals surface area contributed by atoms with E-state index in [1.807, 2.05) is 41.0 Å². The summed E-state index contributed by atoms with van der Waals surface area (Å²) >= 11 is 0. The first kappa shape index (κ1) is 18.7. The smallest absolute Gasteiger partial charge is 0.141 e. The number of rotatable bonds is 6. The van der Waals surface area contributed by atoms with Crippen LogP contribution in [0.25, 0.3) is 10.9 Å². The van der Waals surface area contributed by atoms with Crippen molar-refractivity contribution in [3.8, 4) is 11.5 Å². The van der Waals surface area contributed by atoms with E-state index >= 15 is 0 Å². The summed E-state index contributed by atoms with van der Waals surface area (Å²) in [6.45, 7) is 4.76. The molecule has 28 heavy (non-hydrogen) atoms. The largest absolute Gasteiger partial charge is 0.506 e. The topological polar surface area (TPSA) is 61.1 Å². The average Bonchev–Trinajstić information content (AvgIpc) is 3.04. The standard InChI is InChI=1S/C22H27N3O3/c1-28-19-6-4-5-17(13-19)24-11-9-23(10-12-24)14-18(26)15-25-16-22(27)20-7-2-3-8-21(20)25/h2-8,13,16,18,26-27H,9-12,14-15H2,1H3/t18-/m1/s1. The number of fused-ring (bicyclic) bond motifs is 1. The van der Waals surface area contributed by atoms with Gasteiger partial charge in [0.15, 0.2) is 0 Å². The highest BCUT2D eigenvalue weighted by molar-refractivity contribution is 5.86. The highest BCUT2D eigenvalue weighted by atomic mass is 16.5. The zero-order valence-corrected chi connectivity index (χ0v) is 16.2. The Morgan fingerprint density at radius 2 is 1.79 bits per heavy atom. The van der Waals surface area contributed by atoms with Crippen molar-refractivity contribution in [1.82, 2.24) is 9.47 Å². The Morgan fingerprint density at radius 3 is 2.57 bits per heavy atom. The number of hydrogen-bond acceptors (Lipinski definition) is 5. The van der Waals surface area contributed by atoms with Gasteiger partial charge < -0.3 is 24.4 Å². The fraction of sp³-hybridized carbons (Fsp3) is 0.364. The van der Waals surface area contributed by atoms with Crippen molar-refractivity contribution in [2.45, 2.75) is 12.6 Å². The van der Waals surface area contributed by atoms with Gasteiger partial charge in [-0.1, -0.05) is 18.2 Å². The van der Waals surface area contributed by atoms with Crippen LogP contribution in [-0.4, -0.2) is 65.6 Å². The molecule has 0 amide bonds. The van der Waals surface area contributed by atoms with Gasteiger partial charge in [0.05, 0.1) is 18.7 Å². The van der Waals surface area contributed by atoms with E-state index < -0.39 is 6.10 Å². The molecule has 6 nitrogen and oxygen atoms in total. The number of benzene rings is 2. The Hall–Kier alpha value is -2.70. The van der Waals surface area contributed by atoms with Crippen molar-refractivity contribution in [2.75, 3.05) is 44.7 Å². The molecule has 4 rings (SSSR count). The molecule has 148 valence electrons. The second kappa shape index (κ2) is 8.12. The van der Waals surface area contributed by atoms with E-state index in [2.05, 4.69) is 21.9 Å². The second-order valence-electron chi connectivity index (χ2n) is 7.33. The predicted octanol–water partition coefficient (Wildman–Crippen LogP) is 2.54. The highest BCUT2D eigenvalue weighted by Gasteiger charge is 2.20. The molecule has 1 fully saturated rings. The minimum atomic E-state index is -0.487. The zero-order chi connectivity index (χ0) is 19.5. The second-order valence-corrected chi connectivity index (χ2v) is 7.33. The lowest BCUT2D eigenvalue weighted by atomic mass is 10.2. The van der Waals surface area contributed by atoms with E-state index in [1.165, 1.54) is 5.69 Å². The summed E-state index contributed by atoms with van der Waals surface area (Å²) in [5.74, 6) is 1.13. The Labute approximate surface area is 165 Å². The number of aliphatic hydroxyl groups excluding tert-OH is 1. The Balaban J connectivity index is 1.33. The summed E-state index contributed by atoms with van der Waals surface area (Å²) in [4.78, 5) is 4.65. The normalized spacial score (nSPS) is 16.4. The average molecular weight is 381 g/mol. The number of aromatic hydroxyl groups is 1. The molecule has 2 aromatic carbocycles. The monoisotopic (exact) mass is 381 g/mol. The van der Waals surface area contributed by atoms with Crippen LogP contribution in [0.2, 0.25) is 0 Å². The molecule has 0 aliphatic carbocycles. The van der Waals surface area contributed by atoms with Gasteiger partial charge in [0.2, 0.25) is 0 Å². The van der Waals surface area contributed by atoms with Crippen LogP contribution in [0.1, 0.15) is 0 Å². The molecule has 2 heterocycles.